The molecule has 4 heteroatoms. The van der Waals surface area contributed by atoms with Crippen molar-refractivity contribution in [2.45, 2.75) is 33.4 Å². The van der Waals surface area contributed by atoms with Crippen LogP contribution in [0.1, 0.15) is 25.1 Å². The highest BCUT2D eigenvalue weighted by Gasteiger charge is 2.06. The first kappa shape index (κ1) is 13.3. The third-order valence-corrected chi connectivity index (χ3v) is 3.79. The highest BCUT2D eigenvalue weighted by molar-refractivity contribution is 9.10. The van der Waals surface area contributed by atoms with Gasteiger partial charge < -0.3 is 5.32 Å². The Labute approximate surface area is 116 Å². The summed E-state index contributed by atoms with van der Waals surface area (Å²) in [5.74, 6) is 0. The van der Waals surface area contributed by atoms with Crippen molar-refractivity contribution >= 4 is 15.9 Å². The Kier molecular flexibility index (Phi) is 4.19. The molecule has 3 nitrogen and oxygen atoms in total. The lowest BCUT2D eigenvalue weighted by Crippen LogP contribution is -2.22. The highest BCUT2D eigenvalue weighted by atomic mass is 79.9. The zero-order valence-electron chi connectivity index (χ0n) is 10.9. The molecule has 18 heavy (non-hydrogen) atoms. The zero-order chi connectivity index (χ0) is 13.1. The Morgan fingerprint density at radius 2 is 2.11 bits per heavy atom. The molecular weight excluding hydrogens is 290 g/mol. The topological polar surface area (TPSA) is 29.9 Å². The van der Waals surface area contributed by atoms with Crippen LogP contribution in [0, 0.1) is 6.92 Å². The van der Waals surface area contributed by atoms with E-state index in [4.69, 9.17) is 0 Å². The van der Waals surface area contributed by atoms with Gasteiger partial charge in [0.15, 0.2) is 0 Å². The van der Waals surface area contributed by atoms with E-state index < -0.39 is 0 Å². The number of nitrogens with zero attached hydrogens (tertiary/aromatic N) is 2. The van der Waals surface area contributed by atoms with Crippen molar-refractivity contribution in [2.75, 3.05) is 0 Å². The Bertz CT molecular complexity index is 532. The van der Waals surface area contributed by atoms with E-state index in [2.05, 4.69) is 59.2 Å². The number of hydrogen-bond donors (Lipinski definition) is 1. The molecule has 0 spiro atoms. The van der Waals surface area contributed by atoms with Crippen LogP contribution in [0.5, 0.6) is 0 Å². The van der Waals surface area contributed by atoms with Crippen molar-refractivity contribution in [1.29, 1.82) is 0 Å². The molecule has 0 aliphatic heterocycles. The molecule has 0 amide bonds. The summed E-state index contributed by atoms with van der Waals surface area (Å²) < 4.78 is 3.01. The van der Waals surface area contributed by atoms with E-state index in [1.54, 1.807) is 0 Å². The first-order valence-electron chi connectivity index (χ1n) is 6.11. The van der Waals surface area contributed by atoms with Crippen LogP contribution in [-0.2, 0) is 6.54 Å². The van der Waals surface area contributed by atoms with E-state index in [-0.39, 0.29) is 0 Å². The van der Waals surface area contributed by atoms with Crippen LogP contribution >= 0.6 is 15.9 Å². The van der Waals surface area contributed by atoms with Gasteiger partial charge in [0.2, 0.25) is 0 Å². The molecule has 0 fully saturated rings. The van der Waals surface area contributed by atoms with E-state index >= 15 is 0 Å². The second-order valence-electron chi connectivity index (χ2n) is 4.70. The third kappa shape index (κ3) is 3.00. The number of aryl methyl sites for hydroxylation is 1. The molecular formula is C14H18BrN3. The van der Waals surface area contributed by atoms with Crippen LogP contribution in [-0.4, -0.2) is 15.8 Å². The predicted octanol–water partition coefficient (Wildman–Crippen LogP) is 3.44. The Hall–Kier alpha value is -1.13. The molecule has 96 valence electrons. The van der Waals surface area contributed by atoms with E-state index in [1.807, 2.05) is 23.0 Å². The van der Waals surface area contributed by atoms with Gasteiger partial charge in [0, 0.05) is 23.3 Å². The van der Waals surface area contributed by atoms with Crippen LogP contribution < -0.4 is 5.32 Å². The molecule has 2 rings (SSSR count). The lowest BCUT2D eigenvalue weighted by molar-refractivity contribution is 0.578. The van der Waals surface area contributed by atoms with Gasteiger partial charge >= 0.3 is 0 Å². The van der Waals surface area contributed by atoms with E-state index in [9.17, 15) is 0 Å². The summed E-state index contributed by atoms with van der Waals surface area (Å²) >= 11 is 3.61. The molecule has 0 bridgehead atoms. The lowest BCUT2D eigenvalue weighted by atomic mass is 10.2. The number of nitrogens with one attached hydrogen (secondary N) is 1. The first-order chi connectivity index (χ1) is 8.58. The lowest BCUT2D eigenvalue weighted by Gasteiger charge is -2.07. The summed E-state index contributed by atoms with van der Waals surface area (Å²) in [4.78, 5) is 0. The monoisotopic (exact) mass is 307 g/mol. The number of aromatic nitrogens is 2. The van der Waals surface area contributed by atoms with Gasteiger partial charge in [-0.05, 0) is 40.5 Å². The molecule has 0 saturated heterocycles. The van der Waals surface area contributed by atoms with Gasteiger partial charge in [-0.2, -0.15) is 5.10 Å². The smallest absolute Gasteiger partial charge is 0.0790 e. The first-order valence-corrected chi connectivity index (χ1v) is 6.90. The van der Waals surface area contributed by atoms with E-state index in [1.165, 1.54) is 5.56 Å². The average molecular weight is 308 g/mol. The molecule has 2 aromatic rings. The third-order valence-electron chi connectivity index (χ3n) is 2.75. The minimum Gasteiger partial charge on any atom is -0.309 e. The Morgan fingerprint density at radius 3 is 2.83 bits per heavy atom. The van der Waals surface area contributed by atoms with Crippen LogP contribution in [0.15, 0.2) is 34.9 Å². The van der Waals surface area contributed by atoms with Gasteiger partial charge in [0.05, 0.1) is 11.4 Å². The Balaban J connectivity index is 2.21. The minimum atomic E-state index is 0.473. The summed E-state index contributed by atoms with van der Waals surface area (Å²) in [6.07, 6.45) is 2.00. The second kappa shape index (κ2) is 5.67. The fraction of sp³-hybridized carbons (Fsp3) is 0.357. The average Bonchev–Trinajstić information content (AvgIpc) is 2.78. The number of benzene rings is 1. The van der Waals surface area contributed by atoms with Crippen molar-refractivity contribution in [3.63, 3.8) is 0 Å². The van der Waals surface area contributed by atoms with Crippen LogP contribution in [0.4, 0.5) is 0 Å². The minimum absolute atomic E-state index is 0.473. The van der Waals surface area contributed by atoms with Gasteiger partial charge in [0.25, 0.3) is 0 Å². The molecule has 0 unspecified atom stereocenters. The maximum atomic E-state index is 4.58. The molecule has 0 atom stereocenters. The number of hydrogen-bond acceptors (Lipinski definition) is 2. The molecule has 0 aliphatic rings. The maximum Gasteiger partial charge on any atom is 0.0790 e. The molecule has 0 saturated carbocycles. The van der Waals surface area contributed by atoms with Crippen molar-refractivity contribution < 1.29 is 0 Å². The number of halogens is 1. The molecule has 1 N–H and O–H groups in total. The van der Waals surface area contributed by atoms with Gasteiger partial charge in [-0.1, -0.05) is 26.0 Å². The van der Waals surface area contributed by atoms with E-state index in [0.717, 1.165) is 22.4 Å². The van der Waals surface area contributed by atoms with Crippen molar-refractivity contribution in [1.82, 2.24) is 15.1 Å². The molecule has 1 aromatic carbocycles. The van der Waals surface area contributed by atoms with Gasteiger partial charge in [0.1, 0.15) is 0 Å². The largest absolute Gasteiger partial charge is 0.309 e. The molecule has 1 heterocycles. The van der Waals surface area contributed by atoms with Gasteiger partial charge in [-0.3, -0.25) is 0 Å². The fourth-order valence-corrected chi connectivity index (χ4v) is 2.15. The normalized spacial score (nSPS) is 11.2. The Morgan fingerprint density at radius 1 is 1.33 bits per heavy atom. The van der Waals surface area contributed by atoms with Crippen molar-refractivity contribution in [2.24, 2.45) is 0 Å². The summed E-state index contributed by atoms with van der Waals surface area (Å²) in [6.45, 7) is 7.15. The summed E-state index contributed by atoms with van der Waals surface area (Å²) in [5, 5.41) is 7.94. The van der Waals surface area contributed by atoms with E-state index in [0.29, 0.717) is 6.04 Å². The predicted molar refractivity (Wildman–Crippen MR) is 78.0 cm³/mol. The van der Waals surface area contributed by atoms with Gasteiger partial charge in [-0.25, -0.2) is 4.68 Å². The zero-order valence-corrected chi connectivity index (χ0v) is 12.5. The summed E-state index contributed by atoms with van der Waals surface area (Å²) in [5.41, 5.74) is 3.34. The fourth-order valence-electron chi connectivity index (χ4n) is 1.71. The highest BCUT2D eigenvalue weighted by Crippen LogP contribution is 2.24. The second-order valence-corrected chi connectivity index (χ2v) is 5.49. The summed E-state index contributed by atoms with van der Waals surface area (Å²) in [7, 11) is 0. The standard InChI is InChI=1S/C14H18BrN3/c1-10(2)16-9-12-7-8-18(17-12)13-6-4-5-11(3)14(13)15/h4-8,10,16H,9H2,1-3H3. The number of rotatable bonds is 4. The summed E-state index contributed by atoms with van der Waals surface area (Å²) in [6, 6.07) is 8.70. The SMILES string of the molecule is Cc1cccc(-n2ccc(CNC(C)C)n2)c1Br. The van der Waals surface area contributed by atoms with Crippen LogP contribution in [0.25, 0.3) is 5.69 Å². The molecule has 0 radical (unpaired) electrons. The molecule has 1 aromatic heterocycles. The quantitative estimate of drug-likeness (QED) is 0.937. The van der Waals surface area contributed by atoms with Crippen LogP contribution in [0.2, 0.25) is 0 Å². The molecule has 0 aliphatic carbocycles. The van der Waals surface area contributed by atoms with Crippen molar-refractivity contribution in [3.8, 4) is 5.69 Å². The van der Waals surface area contributed by atoms with Gasteiger partial charge in [-0.15, -0.1) is 0 Å². The van der Waals surface area contributed by atoms with Crippen LogP contribution in [0.3, 0.4) is 0 Å². The maximum absolute atomic E-state index is 4.58. The van der Waals surface area contributed by atoms with Crippen molar-refractivity contribution in [3.05, 3.63) is 46.2 Å².